The van der Waals surface area contributed by atoms with Crippen molar-refractivity contribution >= 4 is 21.8 Å². The van der Waals surface area contributed by atoms with E-state index in [0.29, 0.717) is 0 Å². The first-order chi connectivity index (χ1) is 11.1. The van der Waals surface area contributed by atoms with E-state index >= 15 is 0 Å². The second kappa shape index (κ2) is 4.92. The molecular weight excluding hydrogens is 284 g/mol. The highest BCUT2D eigenvalue weighted by Gasteiger charge is 2.13. The number of methoxy groups -OCH3 is 1. The Morgan fingerprint density at radius 1 is 0.870 bits per heavy atom. The van der Waals surface area contributed by atoms with Gasteiger partial charge in [0.15, 0.2) is 0 Å². The standard InChI is InChI=1S/C20H20N2O/c1-13-11-15-5-10-19-18(20(15)21(13)3)12-14(2)22(19)16-6-8-17(23-4)9-7-16/h5-12H,1-4H3. The van der Waals surface area contributed by atoms with Gasteiger partial charge >= 0.3 is 0 Å². The second-order valence-electron chi connectivity index (χ2n) is 6.10. The fraction of sp³-hybridized carbons (Fsp3) is 0.200. The number of fused-ring (bicyclic) bond motifs is 3. The smallest absolute Gasteiger partial charge is 0.119 e. The molecule has 0 unspecified atom stereocenters. The number of aryl methyl sites for hydroxylation is 3. The van der Waals surface area contributed by atoms with Crippen LogP contribution in [0.2, 0.25) is 0 Å². The average Bonchev–Trinajstić information content (AvgIpc) is 3.04. The van der Waals surface area contributed by atoms with Crippen LogP contribution in [0.3, 0.4) is 0 Å². The first kappa shape index (κ1) is 13.9. The molecule has 0 aliphatic carbocycles. The van der Waals surface area contributed by atoms with Crippen LogP contribution in [0.4, 0.5) is 0 Å². The zero-order chi connectivity index (χ0) is 16.1. The van der Waals surface area contributed by atoms with E-state index in [4.69, 9.17) is 4.74 Å². The Morgan fingerprint density at radius 2 is 1.61 bits per heavy atom. The predicted octanol–water partition coefficient (Wildman–Crippen LogP) is 4.75. The van der Waals surface area contributed by atoms with Crippen LogP contribution in [-0.4, -0.2) is 16.2 Å². The Morgan fingerprint density at radius 3 is 2.30 bits per heavy atom. The second-order valence-corrected chi connectivity index (χ2v) is 6.10. The molecule has 116 valence electrons. The van der Waals surface area contributed by atoms with Crippen molar-refractivity contribution in [2.75, 3.05) is 7.11 Å². The van der Waals surface area contributed by atoms with Gasteiger partial charge in [-0.2, -0.15) is 0 Å². The summed E-state index contributed by atoms with van der Waals surface area (Å²) in [4.78, 5) is 0. The van der Waals surface area contributed by atoms with E-state index in [2.05, 4.69) is 66.4 Å². The zero-order valence-corrected chi connectivity index (χ0v) is 13.9. The van der Waals surface area contributed by atoms with E-state index in [1.165, 1.54) is 33.2 Å². The minimum absolute atomic E-state index is 0.878. The highest BCUT2D eigenvalue weighted by Crippen LogP contribution is 2.32. The molecule has 0 saturated carbocycles. The van der Waals surface area contributed by atoms with Crippen molar-refractivity contribution in [3.63, 3.8) is 0 Å². The minimum Gasteiger partial charge on any atom is -0.497 e. The number of ether oxygens (including phenoxy) is 1. The number of hydrogen-bond donors (Lipinski definition) is 0. The van der Waals surface area contributed by atoms with Crippen molar-refractivity contribution < 1.29 is 4.74 Å². The quantitative estimate of drug-likeness (QED) is 0.523. The van der Waals surface area contributed by atoms with Gasteiger partial charge in [0, 0.05) is 34.9 Å². The molecule has 0 amide bonds. The van der Waals surface area contributed by atoms with Crippen molar-refractivity contribution in [2.45, 2.75) is 13.8 Å². The summed E-state index contributed by atoms with van der Waals surface area (Å²) >= 11 is 0. The van der Waals surface area contributed by atoms with Crippen molar-refractivity contribution in [3.05, 3.63) is 59.9 Å². The van der Waals surface area contributed by atoms with Gasteiger partial charge in [-0.25, -0.2) is 0 Å². The molecule has 0 atom stereocenters. The van der Waals surface area contributed by atoms with Crippen LogP contribution in [0.25, 0.3) is 27.5 Å². The largest absolute Gasteiger partial charge is 0.497 e. The monoisotopic (exact) mass is 304 g/mol. The summed E-state index contributed by atoms with van der Waals surface area (Å²) in [6.07, 6.45) is 0. The van der Waals surface area contributed by atoms with E-state index in [-0.39, 0.29) is 0 Å². The maximum Gasteiger partial charge on any atom is 0.119 e. The Balaban J connectivity index is 2.03. The number of benzene rings is 2. The molecule has 0 aliphatic heterocycles. The van der Waals surface area contributed by atoms with Crippen molar-refractivity contribution in [2.24, 2.45) is 7.05 Å². The third-order valence-electron chi connectivity index (χ3n) is 4.73. The van der Waals surface area contributed by atoms with Crippen LogP contribution >= 0.6 is 0 Å². The van der Waals surface area contributed by atoms with E-state index in [0.717, 1.165) is 11.4 Å². The third-order valence-corrected chi connectivity index (χ3v) is 4.73. The number of hydrogen-bond acceptors (Lipinski definition) is 1. The van der Waals surface area contributed by atoms with Gasteiger partial charge in [-0.1, -0.05) is 6.07 Å². The maximum atomic E-state index is 5.27. The van der Waals surface area contributed by atoms with Gasteiger partial charge in [0.1, 0.15) is 5.75 Å². The molecule has 3 heteroatoms. The molecule has 0 saturated heterocycles. The lowest BCUT2D eigenvalue weighted by Gasteiger charge is -2.10. The number of nitrogens with zero attached hydrogens (tertiary/aromatic N) is 2. The lowest BCUT2D eigenvalue weighted by atomic mass is 10.2. The molecule has 2 heterocycles. The average molecular weight is 304 g/mol. The van der Waals surface area contributed by atoms with Gasteiger partial charge in [-0.15, -0.1) is 0 Å². The van der Waals surface area contributed by atoms with Crippen LogP contribution in [0.5, 0.6) is 5.75 Å². The lowest BCUT2D eigenvalue weighted by molar-refractivity contribution is 0.415. The third kappa shape index (κ3) is 1.96. The molecule has 4 aromatic rings. The molecule has 0 aliphatic rings. The minimum atomic E-state index is 0.878. The number of aromatic nitrogens is 2. The molecule has 2 aromatic heterocycles. The normalized spacial score (nSPS) is 11.5. The molecular formula is C20H20N2O. The maximum absolute atomic E-state index is 5.27. The fourth-order valence-electron chi connectivity index (χ4n) is 3.48. The highest BCUT2D eigenvalue weighted by molar-refractivity contribution is 6.06. The van der Waals surface area contributed by atoms with Crippen LogP contribution in [0.15, 0.2) is 48.5 Å². The first-order valence-electron chi connectivity index (χ1n) is 7.81. The molecule has 2 aromatic carbocycles. The molecule has 0 radical (unpaired) electrons. The highest BCUT2D eigenvalue weighted by atomic mass is 16.5. The lowest BCUT2D eigenvalue weighted by Crippen LogP contribution is -1.96. The van der Waals surface area contributed by atoms with Crippen molar-refractivity contribution in [3.8, 4) is 11.4 Å². The topological polar surface area (TPSA) is 19.1 Å². The molecule has 0 bridgehead atoms. The van der Waals surface area contributed by atoms with Gasteiger partial charge in [0.25, 0.3) is 0 Å². The summed E-state index contributed by atoms with van der Waals surface area (Å²) < 4.78 is 9.84. The van der Waals surface area contributed by atoms with Gasteiger partial charge < -0.3 is 13.9 Å². The molecule has 0 fully saturated rings. The van der Waals surface area contributed by atoms with Gasteiger partial charge in [0.2, 0.25) is 0 Å². The molecule has 23 heavy (non-hydrogen) atoms. The van der Waals surface area contributed by atoms with Gasteiger partial charge in [-0.3, -0.25) is 0 Å². The Hall–Kier alpha value is -2.68. The molecule has 4 rings (SSSR count). The van der Waals surface area contributed by atoms with E-state index in [1.807, 2.05) is 12.1 Å². The van der Waals surface area contributed by atoms with E-state index < -0.39 is 0 Å². The van der Waals surface area contributed by atoms with Crippen LogP contribution < -0.4 is 4.74 Å². The summed E-state index contributed by atoms with van der Waals surface area (Å²) in [5.74, 6) is 0.878. The van der Waals surface area contributed by atoms with Crippen LogP contribution in [-0.2, 0) is 7.05 Å². The summed E-state index contributed by atoms with van der Waals surface area (Å²) in [5, 5.41) is 2.59. The molecule has 3 nitrogen and oxygen atoms in total. The van der Waals surface area contributed by atoms with E-state index in [9.17, 15) is 0 Å². The SMILES string of the molecule is COc1ccc(-n2c(C)cc3c4c(ccc32)cc(C)n4C)cc1. The number of rotatable bonds is 2. The predicted molar refractivity (Wildman–Crippen MR) is 95.8 cm³/mol. The molecule has 0 N–H and O–H groups in total. The van der Waals surface area contributed by atoms with Crippen molar-refractivity contribution in [1.82, 2.24) is 9.13 Å². The van der Waals surface area contributed by atoms with Crippen molar-refractivity contribution in [1.29, 1.82) is 0 Å². The summed E-state index contributed by atoms with van der Waals surface area (Å²) in [6, 6.07) is 17.2. The van der Waals surface area contributed by atoms with Crippen LogP contribution in [0.1, 0.15) is 11.4 Å². The Bertz CT molecular complexity index is 1020. The van der Waals surface area contributed by atoms with Gasteiger partial charge in [0.05, 0.1) is 18.1 Å². The summed E-state index contributed by atoms with van der Waals surface area (Å²) in [7, 11) is 3.83. The fourth-order valence-corrected chi connectivity index (χ4v) is 3.48. The van der Waals surface area contributed by atoms with Gasteiger partial charge in [-0.05, 0) is 56.3 Å². The van der Waals surface area contributed by atoms with E-state index in [1.54, 1.807) is 7.11 Å². The Kier molecular flexibility index (Phi) is 2.98. The molecule has 0 spiro atoms. The first-order valence-corrected chi connectivity index (χ1v) is 7.81. The Labute approximate surface area is 135 Å². The summed E-state index contributed by atoms with van der Waals surface area (Å²) in [6.45, 7) is 4.31. The van der Waals surface area contributed by atoms with Crippen LogP contribution in [0, 0.1) is 13.8 Å². The summed E-state index contributed by atoms with van der Waals surface area (Å²) in [5.41, 5.74) is 6.21. The zero-order valence-electron chi connectivity index (χ0n) is 13.9.